The van der Waals surface area contributed by atoms with Crippen molar-refractivity contribution in [2.45, 2.75) is 52.4 Å². The molecule has 0 radical (unpaired) electrons. The Morgan fingerprint density at radius 3 is 2.12 bits per heavy atom. The number of fused-ring (bicyclic) bond motifs is 1. The second-order valence-corrected chi connectivity index (χ2v) is 6.74. The van der Waals surface area contributed by atoms with Crippen LogP contribution >= 0.6 is 0 Å². The number of rotatable bonds is 0. The maximum absolute atomic E-state index is 4.81. The topological polar surface area (TPSA) is 17.3 Å². The maximum atomic E-state index is 4.81. The monoisotopic (exact) mass is 230 g/mol. The Morgan fingerprint density at radius 2 is 1.59 bits per heavy atom. The van der Waals surface area contributed by atoms with E-state index in [0.717, 1.165) is 5.65 Å². The molecule has 0 aliphatic carbocycles. The number of hydrogen-bond acceptors (Lipinski definition) is 1. The minimum absolute atomic E-state index is 0.0780. The van der Waals surface area contributed by atoms with E-state index in [2.05, 4.69) is 64.3 Å². The Kier molecular flexibility index (Phi) is 2.57. The van der Waals surface area contributed by atoms with Crippen LogP contribution < -0.4 is 0 Å². The second kappa shape index (κ2) is 3.59. The van der Waals surface area contributed by atoms with Gasteiger partial charge in [-0.25, -0.2) is 4.98 Å². The van der Waals surface area contributed by atoms with Gasteiger partial charge in [-0.15, -0.1) is 0 Å². The first-order valence-electron chi connectivity index (χ1n) is 6.19. The lowest BCUT2D eigenvalue weighted by molar-refractivity contribution is 0.506. The van der Waals surface area contributed by atoms with Gasteiger partial charge in [-0.2, -0.15) is 0 Å². The molecule has 2 heterocycles. The van der Waals surface area contributed by atoms with Gasteiger partial charge in [0.05, 0.1) is 11.4 Å². The van der Waals surface area contributed by atoms with E-state index in [4.69, 9.17) is 4.98 Å². The summed E-state index contributed by atoms with van der Waals surface area (Å²) in [5.74, 6) is 0. The number of pyridine rings is 1. The molecule has 0 atom stereocenters. The first kappa shape index (κ1) is 12.2. The van der Waals surface area contributed by atoms with Crippen molar-refractivity contribution in [3.8, 4) is 0 Å². The van der Waals surface area contributed by atoms with Crippen LogP contribution in [0.2, 0.25) is 0 Å². The van der Waals surface area contributed by atoms with Crippen molar-refractivity contribution in [2.75, 3.05) is 0 Å². The molecule has 92 valence electrons. The highest BCUT2D eigenvalue weighted by molar-refractivity contribution is 5.46. The van der Waals surface area contributed by atoms with E-state index in [1.54, 1.807) is 0 Å². The van der Waals surface area contributed by atoms with Crippen LogP contribution in [0.15, 0.2) is 24.4 Å². The quantitative estimate of drug-likeness (QED) is 0.670. The van der Waals surface area contributed by atoms with Gasteiger partial charge in [0.1, 0.15) is 5.65 Å². The minimum Gasteiger partial charge on any atom is -0.303 e. The van der Waals surface area contributed by atoms with Crippen LogP contribution in [0, 0.1) is 0 Å². The summed E-state index contributed by atoms with van der Waals surface area (Å²) in [7, 11) is 0. The number of imidazole rings is 1. The summed E-state index contributed by atoms with van der Waals surface area (Å²) in [4.78, 5) is 4.81. The van der Waals surface area contributed by atoms with Gasteiger partial charge in [0.2, 0.25) is 0 Å². The molecule has 0 N–H and O–H groups in total. The normalized spacial score (nSPS) is 13.3. The van der Waals surface area contributed by atoms with Crippen molar-refractivity contribution in [3.05, 3.63) is 35.8 Å². The third-order valence-corrected chi connectivity index (χ3v) is 2.95. The summed E-state index contributed by atoms with van der Waals surface area (Å²) in [5, 5.41) is 0. The largest absolute Gasteiger partial charge is 0.303 e. The van der Waals surface area contributed by atoms with Gasteiger partial charge in [-0.1, -0.05) is 47.6 Å². The van der Waals surface area contributed by atoms with E-state index in [9.17, 15) is 0 Å². The lowest BCUT2D eigenvalue weighted by atomic mass is 9.82. The smallest absolute Gasteiger partial charge is 0.137 e. The third kappa shape index (κ3) is 2.08. The predicted molar refractivity (Wildman–Crippen MR) is 72.6 cm³/mol. The first-order chi connectivity index (χ1) is 7.71. The van der Waals surface area contributed by atoms with Gasteiger partial charge in [0.25, 0.3) is 0 Å². The van der Waals surface area contributed by atoms with Crippen molar-refractivity contribution in [3.63, 3.8) is 0 Å². The zero-order valence-corrected chi connectivity index (χ0v) is 11.7. The average Bonchev–Trinajstić information content (AvgIpc) is 2.54. The van der Waals surface area contributed by atoms with Crippen LogP contribution in [0.4, 0.5) is 0 Å². The van der Waals surface area contributed by atoms with Crippen LogP contribution in [0.25, 0.3) is 5.65 Å². The molecule has 0 bridgehead atoms. The first-order valence-corrected chi connectivity index (χ1v) is 6.19. The molecule has 2 nitrogen and oxygen atoms in total. The van der Waals surface area contributed by atoms with Crippen LogP contribution in [0.3, 0.4) is 0 Å². The van der Waals surface area contributed by atoms with Crippen LogP contribution in [-0.2, 0) is 10.8 Å². The van der Waals surface area contributed by atoms with Gasteiger partial charge in [0.15, 0.2) is 0 Å². The standard InChI is InChI=1S/C15H22N2/c1-14(2,3)12-13(15(4,5)6)17-10-8-7-9-11(17)16-12/h7-10H,1-6H3. The minimum atomic E-state index is 0.0780. The van der Waals surface area contributed by atoms with Crippen LogP contribution in [0.5, 0.6) is 0 Å². The van der Waals surface area contributed by atoms with E-state index in [0.29, 0.717) is 0 Å². The zero-order chi connectivity index (χ0) is 12.8. The molecule has 0 unspecified atom stereocenters. The van der Waals surface area contributed by atoms with Crippen molar-refractivity contribution >= 4 is 5.65 Å². The molecule has 0 aliphatic rings. The maximum Gasteiger partial charge on any atom is 0.137 e. The van der Waals surface area contributed by atoms with Gasteiger partial charge in [-0.3, -0.25) is 0 Å². The molecule has 2 aromatic rings. The van der Waals surface area contributed by atoms with E-state index >= 15 is 0 Å². The van der Waals surface area contributed by atoms with E-state index in [1.165, 1.54) is 11.4 Å². The highest BCUT2D eigenvalue weighted by Gasteiger charge is 2.30. The summed E-state index contributed by atoms with van der Waals surface area (Å²) < 4.78 is 2.22. The van der Waals surface area contributed by atoms with Crippen molar-refractivity contribution < 1.29 is 0 Å². The number of aromatic nitrogens is 2. The Labute approximate surface area is 104 Å². The molecular weight excluding hydrogens is 208 g/mol. The summed E-state index contributed by atoms with van der Waals surface area (Å²) >= 11 is 0. The second-order valence-electron chi connectivity index (χ2n) is 6.74. The molecule has 0 aromatic carbocycles. The molecule has 2 aromatic heterocycles. The number of hydrogen-bond donors (Lipinski definition) is 0. The summed E-state index contributed by atoms with van der Waals surface area (Å²) in [6.07, 6.45) is 2.11. The molecule has 17 heavy (non-hydrogen) atoms. The van der Waals surface area contributed by atoms with Crippen LogP contribution in [0.1, 0.15) is 52.9 Å². The molecule has 0 amide bonds. The fourth-order valence-corrected chi connectivity index (χ4v) is 2.24. The summed E-state index contributed by atoms with van der Waals surface area (Å²) in [6.45, 7) is 13.4. The highest BCUT2D eigenvalue weighted by atomic mass is 15.0. The Hall–Kier alpha value is -1.31. The van der Waals surface area contributed by atoms with Gasteiger partial charge in [0, 0.05) is 17.0 Å². The SMILES string of the molecule is CC(C)(C)c1nc2ccccn2c1C(C)(C)C. The molecule has 2 rings (SSSR count). The average molecular weight is 230 g/mol. The van der Waals surface area contributed by atoms with Gasteiger partial charge < -0.3 is 4.40 Å². The summed E-state index contributed by atoms with van der Waals surface area (Å²) in [6, 6.07) is 6.18. The molecule has 0 spiro atoms. The lowest BCUT2D eigenvalue weighted by Gasteiger charge is -2.25. The molecular formula is C15H22N2. The fourth-order valence-electron chi connectivity index (χ4n) is 2.24. The Morgan fingerprint density at radius 1 is 0.941 bits per heavy atom. The molecule has 0 saturated carbocycles. The Bertz CT molecular complexity index is 536. The van der Waals surface area contributed by atoms with Gasteiger partial charge >= 0.3 is 0 Å². The highest BCUT2D eigenvalue weighted by Crippen LogP contribution is 2.33. The number of nitrogens with zero attached hydrogens (tertiary/aromatic N) is 2. The molecule has 0 fully saturated rings. The van der Waals surface area contributed by atoms with Crippen molar-refractivity contribution in [1.82, 2.24) is 9.38 Å². The van der Waals surface area contributed by atoms with Crippen molar-refractivity contribution in [1.29, 1.82) is 0 Å². The van der Waals surface area contributed by atoms with Crippen LogP contribution in [-0.4, -0.2) is 9.38 Å². The third-order valence-electron chi connectivity index (χ3n) is 2.95. The van der Waals surface area contributed by atoms with E-state index < -0.39 is 0 Å². The van der Waals surface area contributed by atoms with E-state index in [1.807, 2.05) is 6.07 Å². The fraction of sp³-hybridized carbons (Fsp3) is 0.533. The zero-order valence-electron chi connectivity index (χ0n) is 11.7. The molecule has 0 aliphatic heterocycles. The van der Waals surface area contributed by atoms with Gasteiger partial charge in [-0.05, 0) is 12.1 Å². The molecule has 2 heteroatoms. The predicted octanol–water partition coefficient (Wildman–Crippen LogP) is 3.93. The van der Waals surface area contributed by atoms with E-state index in [-0.39, 0.29) is 10.8 Å². The lowest BCUT2D eigenvalue weighted by Crippen LogP contribution is -2.23. The Balaban J connectivity index is 2.84. The summed E-state index contributed by atoms with van der Waals surface area (Å²) in [5.41, 5.74) is 3.75. The van der Waals surface area contributed by atoms with Crippen molar-refractivity contribution in [2.24, 2.45) is 0 Å². The molecule has 0 saturated heterocycles.